The van der Waals surface area contributed by atoms with Crippen LogP contribution in [0.5, 0.6) is 0 Å². The van der Waals surface area contributed by atoms with Gasteiger partial charge in [-0.2, -0.15) is 0 Å². The molecule has 0 amide bonds. The Balaban J connectivity index is 2.50. The van der Waals surface area contributed by atoms with Gasteiger partial charge in [0.25, 0.3) is 0 Å². The van der Waals surface area contributed by atoms with Gasteiger partial charge in [-0.15, -0.1) is 0 Å². The van der Waals surface area contributed by atoms with Crippen LogP contribution in [-0.4, -0.2) is 19.1 Å². The maximum Gasteiger partial charge on any atom is 0.307 e. The van der Waals surface area contributed by atoms with E-state index >= 15 is 0 Å². The maximum atomic E-state index is 13.1. The lowest BCUT2D eigenvalue weighted by molar-refractivity contribution is -0.142. The number of rotatable bonds is 5. The molecule has 0 aromatic heterocycles. The summed E-state index contributed by atoms with van der Waals surface area (Å²) in [6.45, 7) is 2.47. The monoisotopic (exact) mass is 279 g/mol. The molecule has 0 fully saturated rings. The van der Waals surface area contributed by atoms with E-state index in [-0.39, 0.29) is 22.4 Å². The highest BCUT2D eigenvalue weighted by Gasteiger charge is 2.07. The molecule has 0 aliphatic heterocycles. The number of nitrogens with one attached hydrogen (secondary N) is 1. The van der Waals surface area contributed by atoms with Gasteiger partial charge in [-0.1, -0.05) is 23.2 Å². The van der Waals surface area contributed by atoms with Crippen molar-refractivity contribution in [2.24, 2.45) is 0 Å². The van der Waals surface area contributed by atoms with Crippen molar-refractivity contribution >= 4 is 34.9 Å². The first-order valence-electron chi connectivity index (χ1n) is 5.08. The van der Waals surface area contributed by atoms with E-state index in [9.17, 15) is 9.18 Å². The van der Waals surface area contributed by atoms with Gasteiger partial charge >= 0.3 is 5.97 Å². The number of hydrogen-bond donors (Lipinski definition) is 1. The van der Waals surface area contributed by atoms with Gasteiger partial charge in [0.05, 0.1) is 23.1 Å². The predicted molar refractivity (Wildman–Crippen MR) is 66.2 cm³/mol. The number of esters is 1. The number of halogens is 3. The Morgan fingerprint density at radius 2 is 2.00 bits per heavy atom. The third-order valence-electron chi connectivity index (χ3n) is 1.95. The molecule has 0 heterocycles. The van der Waals surface area contributed by atoms with Crippen molar-refractivity contribution in [3.63, 3.8) is 0 Å². The third kappa shape index (κ3) is 4.40. The van der Waals surface area contributed by atoms with E-state index < -0.39 is 5.82 Å². The fourth-order valence-corrected chi connectivity index (χ4v) is 1.69. The van der Waals surface area contributed by atoms with E-state index in [4.69, 9.17) is 27.9 Å². The van der Waals surface area contributed by atoms with Gasteiger partial charge in [-0.3, -0.25) is 4.79 Å². The molecule has 0 bridgehead atoms. The molecule has 3 nitrogen and oxygen atoms in total. The van der Waals surface area contributed by atoms with Gasteiger partial charge in [0.1, 0.15) is 0 Å². The van der Waals surface area contributed by atoms with Gasteiger partial charge in [0.2, 0.25) is 0 Å². The first kappa shape index (κ1) is 14.1. The summed E-state index contributed by atoms with van der Waals surface area (Å²) in [4.78, 5) is 11.0. The molecule has 0 saturated heterocycles. The summed E-state index contributed by atoms with van der Waals surface area (Å²) in [6, 6.07) is 2.82. The van der Waals surface area contributed by atoms with Crippen molar-refractivity contribution in [1.82, 2.24) is 0 Å². The minimum Gasteiger partial charge on any atom is -0.466 e. The molecule has 1 aromatic rings. The Kier molecular flexibility index (Phi) is 5.51. The van der Waals surface area contributed by atoms with E-state index in [1.807, 2.05) is 0 Å². The van der Waals surface area contributed by atoms with Crippen LogP contribution in [0.25, 0.3) is 0 Å². The van der Waals surface area contributed by atoms with E-state index in [0.717, 1.165) is 0 Å². The molecule has 0 aliphatic carbocycles. The first-order chi connectivity index (χ1) is 8.04. The summed E-state index contributed by atoms with van der Waals surface area (Å²) in [6.07, 6.45) is 0.223. The number of ether oxygens (including phenoxy) is 1. The fourth-order valence-electron chi connectivity index (χ4n) is 1.20. The van der Waals surface area contributed by atoms with Crippen LogP contribution in [0.2, 0.25) is 10.0 Å². The van der Waals surface area contributed by atoms with Crippen LogP contribution in [-0.2, 0) is 9.53 Å². The van der Waals surface area contributed by atoms with Crippen molar-refractivity contribution in [3.8, 4) is 0 Å². The lowest BCUT2D eigenvalue weighted by atomic mass is 10.3. The van der Waals surface area contributed by atoms with Crippen LogP contribution in [0, 0.1) is 5.82 Å². The normalized spacial score (nSPS) is 10.1. The summed E-state index contributed by atoms with van der Waals surface area (Å²) < 4.78 is 17.9. The van der Waals surface area contributed by atoms with Crippen LogP contribution < -0.4 is 5.32 Å². The minimum atomic E-state index is -0.649. The van der Waals surface area contributed by atoms with Crippen LogP contribution >= 0.6 is 23.2 Å². The first-order valence-corrected chi connectivity index (χ1v) is 5.84. The topological polar surface area (TPSA) is 38.3 Å². The Hall–Kier alpha value is -1.00. The van der Waals surface area contributed by atoms with Gasteiger partial charge in [-0.25, -0.2) is 4.39 Å². The number of carbonyl (C=O) groups excluding carboxylic acids is 1. The molecule has 0 unspecified atom stereocenters. The van der Waals surface area contributed by atoms with Gasteiger partial charge < -0.3 is 10.1 Å². The van der Waals surface area contributed by atoms with Crippen molar-refractivity contribution in [1.29, 1.82) is 0 Å². The summed E-state index contributed by atoms with van der Waals surface area (Å²) in [5.41, 5.74) is 0.561. The van der Waals surface area contributed by atoms with Crippen molar-refractivity contribution in [2.75, 3.05) is 18.5 Å². The van der Waals surface area contributed by atoms with Crippen LogP contribution in [0.3, 0.4) is 0 Å². The van der Waals surface area contributed by atoms with E-state index in [1.165, 1.54) is 12.1 Å². The summed E-state index contributed by atoms with van der Waals surface area (Å²) in [7, 11) is 0. The Bertz CT molecular complexity index is 389. The van der Waals surface area contributed by atoms with Crippen LogP contribution in [0.1, 0.15) is 13.3 Å². The zero-order valence-corrected chi connectivity index (χ0v) is 10.7. The average molecular weight is 280 g/mol. The van der Waals surface area contributed by atoms with Crippen molar-refractivity contribution in [2.45, 2.75) is 13.3 Å². The molecule has 1 N–H and O–H groups in total. The zero-order valence-electron chi connectivity index (χ0n) is 9.23. The number of carbonyl (C=O) groups is 1. The lowest BCUT2D eigenvalue weighted by Crippen LogP contribution is -2.11. The zero-order chi connectivity index (χ0) is 12.8. The largest absolute Gasteiger partial charge is 0.466 e. The number of anilines is 1. The number of hydrogen-bond acceptors (Lipinski definition) is 3. The standard InChI is InChI=1S/C11H12Cl2FNO2/c1-2-17-10(16)3-4-15-7-5-8(12)11(14)9(13)6-7/h5-6,15H,2-4H2,1H3. The van der Waals surface area contributed by atoms with Gasteiger partial charge in [0.15, 0.2) is 5.82 Å². The minimum absolute atomic E-state index is 0.0591. The molecule has 94 valence electrons. The van der Waals surface area contributed by atoms with Crippen molar-refractivity contribution in [3.05, 3.63) is 28.0 Å². The second kappa shape index (κ2) is 6.67. The smallest absolute Gasteiger partial charge is 0.307 e. The summed E-state index contributed by atoms with van der Waals surface area (Å²) in [5.74, 6) is -0.941. The summed E-state index contributed by atoms with van der Waals surface area (Å²) >= 11 is 11.2. The fraction of sp³-hybridized carbons (Fsp3) is 0.364. The molecule has 1 aromatic carbocycles. The van der Waals surface area contributed by atoms with E-state index in [1.54, 1.807) is 6.92 Å². The molecule has 0 radical (unpaired) electrons. The van der Waals surface area contributed by atoms with Crippen molar-refractivity contribution < 1.29 is 13.9 Å². The highest BCUT2D eigenvalue weighted by Crippen LogP contribution is 2.27. The van der Waals surface area contributed by atoms with Gasteiger partial charge in [-0.05, 0) is 19.1 Å². The molecule has 0 atom stereocenters. The summed E-state index contributed by atoms with van der Waals surface area (Å²) in [5, 5.41) is 2.79. The van der Waals surface area contributed by atoms with Crippen LogP contribution in [0.15, 0.2) is 12.1 Å². The second-order valence-electron chi connectivity index (χ2n) is 3.24. The molecule has 6 heteroatoms. The molecular weight excluding hydrogens is 268 g/mol. The molecule has 0 spiro atoms. The molecular formula is C11H12Cl2FNO2. The third-order valence-corrected chi connectivity index (χ3v) is 2.50. The molecule has 0 aliphatic rings. The maximum absolute atomic E-state index is 13.1. The predicted octanol–water partition coefficient (Wildman–Crippen LogP) is 3.50. The Labute approximate surface area is 109 Å². The lowest BCUT2D eigenvalue weighted by Gasteiger charge is -2.07. The van der Waals surface area contributed by atoms with Crippen LogP contribution in [0.4, 0.5) is 10.1 Å². The van der Waals surface area contributed by atoms with Gasteiger partial charge in [0, 0.05) is 12.2 Å². The average Bonchev–Trinajstić information content (AvgIpc) is 2.26. The molecule has 1 rings (SSSR count). The Morgan fingerprint density at radius 3 is 2.53 bits per heavy atom. The molecule has 17 heavy (non-hydrogen) atoms. The highest BCUT2D eigenvalue weighted by atomic mass is 35.5. The highest BCUT2D eigenvalue weighted by molar-refractivity contribution is 6.35. The van der Waals surface area contributed by atoms with E-state index in [0.29, 0.717) is 18.8 Å². The second-order valence-corrected chi connectivity index (χ2v) is 4.05. The molecule has 0 saturated carbocycles. The van der Waals surface area contributed by atoms with E-state index in [2.05, 4.69) is 5.32 Å². The Morgan fingerprint density at radius 1 is 1.41 bits per heavy atom. The quantitative estimate of drug-likeness (QED) is 0.662. The number of benzene rings is 1. The SMILES string of the molecule is CCOC(=O)CCNc1cc(Cl)c(F)c(Cl)c1.